The minimum absolute atomic E-state index is 0.529. The Morgan fingerprint density at radius 3 is 1.31 bits per heavy atom. The maximum atomic E-state index is 2.41. The van der Waals surface area contributed by atoms with E-state index in [9.17, 15) is 0 Å². The maximum Gasteiger partial charge on any atom is 0.0725 e. The van der Waals surface area contributed by atoms with E-state index < -0.39 is 5.41 Å². The van der Waals surface area contributed by atoms with Crippen molar-refractivity contribution < 1.29 is 0 Å². The van der Waals surface area contributed by atoms with E-state index >= 15 is 0 Å². The fourth-order valence-corrected chi connectivity index (χ4v) is 11.4. The second-order valence-corrected chi connectivity index (χ2v) is 17.9. The molecule has 0 N–H and O–H groups in total. The largest absolute Gasteiger partial charge is 0.310 e. The Morgan fingerprint density at radius 1 is 0.221 bits per heavy atom. The van der Waals surface area contributed by atoms with E-state index in [-0.39, 0.29) is 0 Å². The Bertz CT molecular complexity index is 3610. The average Bonchev–Trinajstić information content (AvgIpc) is 3.67. The Morgan fingerprint density at radius 2 is 0.647 bits per heavy atom. The highest BCUT2D eigenvalue weighted by atomic mass is 15.1. The number of fused-ring (bicyclic) bond motifs is 12. The van der Waals surface area contributed by atoms with E-state index in [0.29, 0.717) is 0 Å². The molecule has 11 aromatic rings. The predicted molar refractivity (Wildman–Crippen MR) is 285 cm³/mol. The van der Waals surface area contributed by atoms with Gasteiger partial charge in [-0.25, -0.2) is 0 Å². The lowest BCUT2D eigenvalue weighted by Gasteiger charge is -2.35. The molecular weight excluding hydrogens is 819 g/mol. The molecule has 2 aliphatic carbocycles. The first-order chi connectivity index (χ1) is 33.8. The smallest absolute Gasteiger partial charge is 0.0725 e. The van der Waals surface area contributed by atoms with Gasteiger partial charge in [0.15, 0.2) is 0 Å². The monoisotopic (exact) mass is 863 g/mol. The van der Waals surface area contributed by atoms with Crippen LogP contribution >= 0.6 is 0 Å². The predicted octanol–water partition coefficient (Wildman–Crippen LogP) is 17.8. The van der Waals surface area contributed by atoms with E-state index in [2.05, 4.69) is 278 Å². The first-order valence-corrected chi connectivity index (χ1v) is 23.6. The van der Waals surface area contributed by atoms with Crippen molar-refractivity contribution in [3.63, 3.8) is 0 Å². The molecule has 0 saturated heterocycles. The van der Waals surface area contributed by atoms with Crippen molar-refractivity contribution in [2.24, 2.45) is 0 Å². The normalized spacial score (nSPS) is 12.5. The second-order valence-electron chi connectivity index (χ2n) is 17.9. The molecule has 1 spiro atoms. The van der Waals surface area contributed by atoms with Gasteiger partial charge in [0.1, 0.15) is 0 Å². The third-order valence-electron chi connectivity index (χ3n) is 14.3. The van der Waals surface area contributed by atoms with Crippen LogP contribution in [0.4, 0.5) is 17.1 Å². The van der Waals surface area contributed by atoms with Gasteiger partial charge in [-0.1, -0.05) is 237 Å². The standard InChI is InChI=1S/C67H45N/c1-3-20-46(21-4-1)47-40-42-52(43-41-47)68(65-39-16-12-28-54(65)48-22-5-2-6-23-48)53-27-18-25-50(45-53)49-24-17-26-51(44-49)55-34-19-38-64-66(55)60-33-11-15-37-63(60)67(64)61-35-13-9-31-58(61)56-29-7-8-30-57(56)59-32-10-14-36-62(59)67/h1-45H. The molecule has 0 radical (unpaired) electrons. The zero-order valence-corrected chi connectivity index (χ0v) is 37.4. The quantitative estimate of drug-likeness (QED) is 0.154. The highest BCUT2D eigenvalue weighted by Gasteiger charge is 2.50. The van der Waals surface area contributed by atoms with Crippen molar-refractivity contribution in [3.05, 3.63) is 295 Å². The molecule has 1 heteroatoms. The minimum atomic E-state index is -0.529. The summed E-state index contributed by atoms with van der Waals surface area (Å²) in [5.74, 6) is 0. The van der Waals surface area contributed by atoms with Crippen molar-refractivity contribution in [2.45, 2.75) is 5.41 Å². The van der Waals surface area contributed by atoms with Crippen molar-refractivity contribution in [1.29, 1.82) is 0 Å². The molecule has 1 nitrogen and oxygen atoms in total. The molecular formula is C67H45N. The van der Waals surface area contributed by atoms with Crippen LogP contribution in [0.25, 0.3) is 77.9 Å². The number of anilines is 3. The minimum Gasteiger partial charge on any atom is -0.310 e. The zero-order valence-electron chi connectivity index (χ0n) is 37.4. The van der Waals surface area contributed by atoms with Gasteiger partial charge in [0.2, 0.25) is 0 Å². The lowest BCUT2D eigenvalue weighted by atomic mass is 9.66. The first-order valence-electron chi connectivity index (χ1n) is 23.6. The molecule has 0 fully saturated rings. The molecule has 13 rings (SSSR count). The third-order valence-corrected chi connectivity index (χ3v) is 14.3. The summed E-state index contributed by atoms with van der Waals surface area (Å²) in [4.78, 5) is 2.41. The van der Waals surface area contributed by atoms with Gasteiger partial charge in [0.05, 0.1) is 11.1 Å². The summed E-state index contributed by atoms with van der Waals surface area (Å²) in [6, 6.07) is 101. The number of para-hydroxylation sites is 1. The van der Waals surface area contributed by atoms with Gasteiger partial charge in [-0.2, -0.15) is 0 Å². The van der Waals surface area contributed by atoms with Crippen LogP contribution in [0, 0.1) is 0 Å². The van der Waals surface area contributed by atoms with Crippen molar-refractivity contribution >= 4 is 17.1 Å². The lowest BCUT2D eigenvalue weighted by Crippen LogP contribution is -2.29. The average molecular weight is 864 g/mol. The number of hydrogen-bond donors (Lipinski definition) is 0. The molecule has 0 bridgehead atoms. The first kappa shape index (κ1) is 39.6. The Kier molecular flexibility index (Phi) is 9.47. The van der Waals surface area contributed by atoms with Gasteiger partial charge in [-0.05, 0) is 131 Å². The van der Waals surface area contributed by atoms with Crippen LogP contribution in [-0.4, -0.2) is 0 Å². The lowest BCUT2D eigenvalue weighted by molar-refractivity contribution is 0.775. The molecule has 0 unspecified atom stereocenters. The van der Waals surface area contributed by atoms with Crippen LogP contribution in [0.2, 0.25) is 0 Å². The second kappa shape index (κ2) is 16.3. The molecule has 0 atom stereocenters. The Labute approximate surface area is 398 Å². The van der Waals surface area contributed by atoms with Gasteiger partial charge in [-0.15, -0.1) is 0 Å². The molecule has 318 valence electrons. The van der Waals surface area contributed by atoms with Crippen molar-refractivity contribution in [1.82, 2.24) is 0 Å². The summed E-state index contributed by atoms with van der Waals surface area (Å²) in [5, 5.41) is 0. The summed E-state index contributed by atoms with van der Waals surface area (Å²) < 4.78 is 0. The number of hydrogen-bond acceptors (Lipinski definition) is 1. The van der Waals surface area contributed by atoms with Gasteiger partial charge < -0.3 is 4.90 Å². The zero-order chi connectivity index (χ0) is 45.0. The van der Waals surface area contributed by atoms with Crippen LogP contribution in [0.15, 0.2) is 273 Å². The van der Waals surface area contributed by atoms with Crippen LogP contribution < -0.4 is 4.90 Å². The molecule has 0 saturated carbocycles. The summed E-state index contributed by atoms with van der Waals surface area (Å²) in [6.07, 6.45) is 0. The van der Waals surface area contributed by atoms with E-state index in [1.165, 1.54) is 94.6 Å². The summed E-state index contributed by atoms with van der Waals surface area (Å²) in [5.41, 5.74) is 25.2. The summed E-state index contributed by atoms with van der Waals surface area (Å²) in [6.45, 7) is 0. The molecule has 0 amide bonds. The van der Waals surface area contributed by atoms with Crippen LogP contribution in [0.3, 0.4) is 0 Å². The number of nitrogens with zero attached hydrogens (tertiary/aromatic N) is 1. The van der Waals surface area contributed by atoms with E-state index in [1.54, 1.807) is 0 Å². The highest BCUT2D eigenvalue weighted by Crippen LogP contribution is 2.62. The molecule has 0 aromatic heterocycles. The Hall–Kier alpha value is -8.78. The van der Waals surface area contributed by atoms with E-state index in [0.717, 1.165) is 22.6 Å². The van der Waals surface area contributed by atoms with Crippen LogP contribution in [0.5, 0.6) is 0 Å². The summed E-state index contributed by atoms with van der Waals surface area (Å²) in [7, 11) is 0. The van der Waals surface area contributed by atoms with E-state index in [4.69, 9.17) is 0 Å². The third kappa shape index (κ3) is 6.24. The van der Waals surface area contributed by atoms with Crippen molar-refractivity contribution in [2.75, 3.05) is 4.90 Å². The van der Waals surface area contributed by atoms with Crippen LogP contribution in [-0.2, 0) is 5.41 Å². The number of benzene rings is 11. The van der Waals surface area contributed by atoms with Crippen molar-refractivity contribution in [3.8, 4) is 77.9 Å². The molecule has 68 heavy (non-hydrogen) atoms. The topological polar surface area (TPSA) is 3.24 Å². The van der Waals surface area contributed by atoms with Gasteiger partial charge in [-0.3, -0.25) is 0 Å². The number of rotatable bonds is 7. The molecule has 0 aliphatic heterocycles. The van der Waals surface area contributed by atoms with Gasteiger partial charge >= 0.3 is 0 Å². The Balaban J connectivity index is 0.967. The van der Waals surface area contributed by atoms with Gasteiger partial charge in [0.25, 0.3) is 0 Å². The highest BCUT2D eigenvalue weighted by molar-refractivity contribution is 6.01. The molecule has 2 aliphatic rings. The maximum absolute atomic E-state index is 2.41. The van der Waals surface area contributed by atoms with E-state index in [1.807, 2.05) is 0 Å². The fourth-order valence-electron chi connectivity index (χ4n) is 11.4. The fraction of sp³-hybridized carbons (Fsp3) is 0.0149. The molecule has 0 heterocycles. The van der Waals surface area contributed by atoms with Gasteiger partial charge in [0, 0.05) is 16.9 Å². The molecule has 11 aromatic carbocycles. The summed E-state index contributed by atoms with van der Waals surface area (Å²) >= 11 is 0. The van der Waals surface area contributed by atoms with Crippen LogP contribution in [0.1, 0.15) is 22.3 Å². The SMILES string of the molecule is c1ccc(-c2ccc(N(c3cccc(-c4cccc(-c5cccc6c5-c5ccccc5C65c6ccccc6-c6ccccc6-c6ccccc65)c4)c3)c3ccccc3-c3ccccc3)cc2)cc1.